The lowest BCUT2D eigenvalue weighted by molar-refractivity contribution is -0.0511. The van der Waals surface area contributed by atoms with Gasteiger partial charge in [0.2, 0.25) is 0 Å². The minimum atomic E-state index is -4.64. The minimum Gasteiger partial charge on any atom is -0.412 e. The van der Waals surface area contributed by atoms with E-state index in [1.54, 1.807) is 0 Å². The normalized spacial score (nSPS) is 26.0. The molecule has 0 bridgehead atoms. The lowest BCUT2D eigenvalue weighted by Gasteiger charge is -2.16. The Hall–Kier alpha value is -1.74. The van der Waals surface area contributed by atoms with Gasteiger partial charge < -0.3 is 45.9 Å². The molecule has 1 fully saturated rings. The summed E-state index contributed by atoms with van der Waals surface area (Å²) in [6.45, 7) is -0.390. The molecular formula is C10H18N5O9P. The first-order valence-corrected chi connectivity index (χ1v) is 8.03. The van der Waals surface area contributed by atoms with Gasteiger partial charge in [0.1, 0.15) is 30.2 Å². The van der Waals surface area contributed by atoms with Crippen LogP contribution in [0.5, 0.6) is 0 Å². The number of aliphatic hydroxyl groups is 3. The summed E-state index contributed by atoms with van der Waals surface area (Å²) < 4.78 is 15.7. The summed E-state index contributed by atoms with van der Waals surface area (Å²) in [5, 5.41) is 28.7. The van der Waals surface area contributed by atoms with E-state index in [0.717, 1.165) is 0 Å². The van der Waals surface area contributed by atoms with Crippen molar-refractivity contribution in [1.82, 2.24) is 19.5 Å². The summed E-state index contributed by atoms with van der Waals surface area (Å²) in [4.78, 5) is 33.5. The number of ether oxygens (including phenoxy) is 1. The van der Waals surface area contributed by atoms with Gasteiger partial charge in [-0.2, -0.15) is 0 Å². The highest BCUT2D eigenvalue weighted by molar-refractivity contribution is 7.45. The van der Waals surface area contributed by atoms with Crippen LogP contribution in [0.1, 0.15) is 6.23 Å². The zero-order valence-electron chi connectivity index (χ0n) is 12.5. The average molecular weight is 383 g/mol. The van der Waals surface area contributed by atoms with Gasteiger partial charge in [0.25, 0.3) is 0 Å². The molecule has 0 spiro atoms. The molecule has 1 aliphatic rings. The first-order chi connectivity index (χ1) is 11.1. The summed E-state index contributed by atoms with van der Waals surface area (Å²) in [5.74, 6) is 0.218. The number of anilines is 1. The number of hydrogen-bond acceptors (Lipinski definition) is 9. The monoisotopic (exact) mass is 383 g/mol. The molecule has 15 heteroatoms. The summed E-state index contributed by atoms with van der Waals surface area (Å²) in [6.07, 6.45) is -1.42. The third-order valence-corrected chi connectivity index (χ3v) is 3.18. The smallest absolute Gasteiger partial charge is 0.412 e. The molecule has 14 nitrogen and oxygen atoms in total. The van der Waals surface area contributed by atoms with Crippen molar-refractivity contribution >= 4 is 24.8 Å². The molecule has 25 heavy (non-hydrogen) atoms. The molecule has 1 saturated heterocycles. The summed E-state index contributed by atoms with van der Waals surface area (Å²) in [6, 6.07) is 0. The van der Waals surface area contributed by atoms with Crippen LogP contribution in [0, 0.1) is 0 Å². The SMILES string of the molecule is Nc1ncnc2c1ncn2[C@@H]1O[C@H](CO)[C@@H](O)[C@@H]1O.O.O=P(O)(O)O. The number of nitrogens with zero attached hydrogens (tertiary/aromatic N) is 4. The van der Waals surface area contributed by atoms with E-state index >= 15 is 0 Å². The van der Waals surface area contributed by atoms with Crippen LogP contribution in [0.4, 0.5) is 5.82 Å². The molecule has 2 aromatic heterocycles. The second-order valence-corrected chi connectivity index (χ2v) is 5.85. The van der Waals surface area contributed by atoms with Gasteiger partial charge in [-0.3, -0.25) is 4.57 Å². The molecule has 142 valence electrons. The van der Waals surface area contributed by atoms with Gasteiger partial charge >= 0.3 is 7.82 Å². The highest BCUT2D eigenvalue weighted by Gasteiger charge is 2.43. The van der Waals surface area contributed by atoms with Crippen molar-refractivity contribution in [3.8, 4) is 0 Å². The Morgan fingerprint density at radius 2 is 1.80 bits per heavy atom. The Morgan fingerprint density at radius 1 is 1.20 bits per heavy atom. The second-order valence-electron chi connectivity index (χ2n) is 4.83. The number of rotatable bonds is 2. The largest absolute Gasteiger partial charge is 0.466 e. The molecular weight excluding hydrogens is 365 g/mol. The van der Waals surface area contributed by atoms with Crippen molar-refractivity contribution in [2.45, 2.75) is 24.5 Å². The fourth-order valence-electron chi connectivity index (χ4n) is 2.17. The van der Waals surface area contributed by atoms with Gasteiger partial charge in [-0.05, 0) is 0 Å². The quantitative estimate of drug-likeness (QED) is 0.247. The Labute approximate surface area is 139 Å². The van der Waals surface area contributed by atoms with E-state index in [1.807, 2.05) is 0 Å². The van der Waals surface area contributed by atoms with E-state index < -0.39 is 39.0 Å². The highest BCUT2D eigenvalue weighted by Crippen LogP contribution is 2.31. The van der Waals surface area contributed by atoms with Crippen LogP contribution in [0.15, 0.2) is 12.7 Å². The maximum atomic E-state index is 9.95. The van der Waals surface area contributed by atoms with Crippen LogP contribution in [0.2, 0.25) is 0 Å². The van der Waals surface area contributed by atoms with Gasteiger partial charge in [0.15, 0.2) is 17.7 Å². The Balaban J connectivity index is 0.000000462. The predicted molar refractivity (Wildman–Crippen MR) is 80.6 cm³/mol. The highest BCUT2D eigenvalue weighted by atomic mass is 31.2. The van der Waals surface area contributed by atoms with Crippen LogP contribution in [-0.2, 0) is 9.30 Å². The Kier molecular flexibility index (Phi) is 6.90. The Morgan fingerprint density at radius 3 is 2.32 bits per heavy atom. The van der Waals surface area contributed by atoms with Crippen LogP contribution in [0.25, 0.3) is 11.2 Å². The van der Waals surface area contributed by atoms with Crippen molar-refractivity contribution < 1.29 is 44.8 Å². The van der Waals surface area contributed by atoms with E-state index in [-0.39, 0.29) is 11.3 Å². The van der Waals surface area contributed by atoms with Gasteiger partial charge in [-0.15, -0.1) is 0 Å². The third kappa shape index (κ3) is 4.88. The van der Waals surface area contributed by atoms with Crippen LogP contribution >= 0.6 is 7.82 Å². The maximum absolute atomic E-state index is 9.95. The summed E-state index contributed by atoms with van der Waals surface area (Å²) >= 11 is 0. The zero-order valence-corrected chi connectivity index (χ0v) is 13.4. The average Bonchev–Trinajstić information content (AvgIpc) is 3.01. The van der Waals surface area contributed by atoms with Gasteiger partial charge in [-0.25, -0.2) is 19.5 Å². The van der Waals surface area contributed by atoms with Crippen molar-refractivity contribution in [3.63, 3.8) is 0 Å². The zero-order chi connectivity index (χ0) is 18.1. The molecule has 0 aromatic carbocycles. The number of aromatic nitrogens is 4. The molecule has 1 aliphatic heterocycles. The topological polar surface area (TPSA) is 249 Å². The molecule has 0 unspecified atom stereocenters. The number of imidazole rings is 1. The van der Waals surface area contributed by atoms with Crippen molar-refractivity contribution in [3.05, 3.63) is 12.7 Å². The maximum Gasteiger partial charge on any atom is 0.466 e. The van der Waals surface area contributed by atoms with E-state index in [0.29, 0.717) is 11.2 Å². The van der Waals surface area contributed by atoms with Gasteiger partial charge in [0, 0.05) is 0 Å². The second kappa shape index (κ2) is 8.09. The van der Waals surface area contributed by atoms with Crippen molar-refractivity contribution in [2.75, 3.05) is 12.3 Å². The molecule has 0 saturated carbocycles. The first-order valence-electron chi connectivity index (χ1n) is 6.47. The molecule has 0 amide bonds. The molecule has 0 radical (unpaired) electrons. The molecule has 0 aliphatic carbocycles. The van der Waals surface area contributed by atoms with Crippen molar-refractivity contribution in [1.29, 1.82) is 0 Å². The standard InChI is InChI=1S/C10H13N5O4.H3O4P.H2O/c11-8-5-9(13-2-12-8)15(3-14-5)10-7(18)6(17)4(1-16)19-10;1-5(2,3)4;/h2-4,6-7,10,16-18H,1H2,(H2,11,12,13);(H3,1,2,3,4);1H2/t4-,6-,7+,10-;;/m1../s1. The molecule has 3 rings (SSSR count). The number of aliphatic hydroxyl groups excluding tert-OH is 3. The first kappa shape index (κ1) is 21.3. The van der Waals surface area contributed by atoms with E-state index in [2.05, 4.69) is 15.0 Å². The van der Waals surface area contributed by atoms with E-state index in [1.165, 1.54) is 17.2 Å². The number of hydrogen-bond donors (Lipinski definition) is 7. The van der Waals surface area contributed by atoms with Gasteiger partial charge in [0.05, 0.1) is 12.9 Å². The van der Waals surface area contributed by atoms with Gasteiger partial charge in [-0.1, -0.05) is 0 Å². The molecule has 2 aromatic rings. The van der Waals surface area contributed by atoms with E-state index in [9.17, 15) is 10.2 Å². The fraction of sp³-hybridized carbons (Fsp3) is 0.500. The Bertz CT molecular complexity index is 743. The predicted octanol–water partition coefficient (Wildman–Crippen LogP) is -3.73. The molecule has 10 N–H and O–H groups in total. The number of nitrogens with two attached hydrogens (primary N) is 1. The lowest BCUT2D eigenvalue weighted by atomic mass is 10.1. The van der Waals surface area contributed by atoms with Crippen LogP contribution in [0.3, 0.4) is 0 Å². The van der Waals surface area contributed by atoms with E-state index in [4.69, 9.17) is 34.8 Å². The summed E-state index contributed by atoms with van der Waals surface area (Å²) in [7, 11) is -4.64. The number of phosphoric acid groups is 1. The molecule has 4 atom stereocenters. The number of fused-ring (bicyclic) bond motifs is 1. The number of nitrogen functional groups attached to an aromatic ring is 1. The van der Waals surface area contributed by atoms with Crippen LogP contribution < -0.4 is 5.73 Å². The van der Waals surface area contributed by atoms with Crippen molar-refractivity contribution in [2.24, 2.45) is 0 Å². The third-order valence-electron chi connectivity index (χ3n) is 3.18. The minimum absolute atomic E-state index is 0. The lowest BCUT2D eigenvalue weighted by Crippen LogP contribution is -2.33. The fourth-order valence-corrected chi connectivity index (χ4v) is 2.17. The molecule has 3 heterocycles. The van der Waals surface area contributed by atoms with Crippen LogP contribution in [-0.4, -0.2) is 79.9 Å². The summed E-state index contributed by atoms with van der Waals surface area (Å²) in [5.41, 5.74) is 6.44.